The van der Waals surface area contributed by atoms with Crippen LogP contribution in [0, 0.1) is 0 Å². The third-order valence-corrected chi connectivity index (χ3v) is 11.9. The van der Waals surface area contributed by atoms with Gasteiger partial charge >= 0.3 is 0 Å². The van der Waals surface area contributed by atoms with Crippen LogP contribution in [0.4, 0.5) is 0 Å². The minimum absolute atomic E-state index is 0. The van der Waals surface area contributed by atoms with E-state index in [-0.39, 0.29) is 7.43 Å². The number of benzene rings is 8. The highest BCUT2D eigenvalue weighted by Gasteiger charge is 2.19. The highest BCUT2D eigenvalue weighted by Crippen LogP contribution is 2.40. The summed E-state index contributed by atoms with van der Waals surface area (Å²) in [6, 6.07) is 76.5. The van der Waals surface area contributed by atoms with Crippen LogP contribution in [-0.2, 0) is 0 Å². The summed E-state index contributed by atoms with van der Waals surface area (Å²) < 4.78 is 6.95. The third kappa shape index (κ3) is 5.57. The average Bonchev–Trinajstić information content (AvgIpc) is 3.97. The summed E-state index contributed by atoms with van der Waals surface area (Å²) in [5, 5.41) is 4.95. The highest BCUT2D eigenvalue weighted by molar-refractivity contribution is 6.13. The summed E-state index contributed by atoms with van der Waals surface area (Å²) in [6.45, 7) is 0. The molecular formula is C56H40N4. The summed E-state index contributed by atoms with van der Waals surface area (Å²) >= 11 is 0. The van der Waals surface area contributed by atoms with E-state index in [9.17, 15) is 0 Å². The van der Waals surface area contributed by atoms with Gasteiger partial charge in [0.05, 0.1) is 33.5 Å². The Kier molecular flexibility index (Phi) is 8.31. The van der Waals surface area contributed by atoms with E-state index in [2.05, 4.69) is 226 Å². The molecule has 0 aliphatic carbocycles. The predicted molar refractivity (Wildman–Crippen MR) is 252 cm³/mol. The van der Waals surface area contributed by atoms with Crippen LogP contribution in [0.15, 0.2) is 219 Å². The van der Waals surface area contributed by atoms with Crippen LogP contribution in [0.5, 0.6) is 0 Å². The quantitative estimate of drug-likeness (QED) is 0.165. The molecule has 0 atom stereocenters. The minimum atomic E-state index is 0. The Morgan fingerprint density at radius 2 is 0.750 bits per heavy atom. The molecule has 0 N–H and O–H groups in total. The second kappa shape index (κ2) is 14.2. The van der Waals surface area contributed by atoms with Crippen LogP contribution < -0.4 is 0 Å². The van der Waals surface area contributed by atoms with Crippen LogP contribution in [0.25, 0.3) is 105 Å². The second-order valence-electron chi connectivity index (χ2n) is 15.2. The lowest BCUT2D eigenvalue weighted by Crippen LogP contribution is -1.93. The molecule has 12 rings (SSSR count). The van der Waals surface area contributed by atoms with Crippen molar-refractivity contribution in [3.8, 4) is 56.1 Å². The fourth-order valence-corrected chi connectivity index (χ4v) is 9.13. The molecule has 8 aromatic carbocycles. The van der Waals surface area contributed by atoms with E-state index in [1.165, 1.54) is 66.0 Å². The van der Waals surface area contributed by atoms with E-state index in [0.717, 1.165) is 39.4 Å². The van der Waals surface area contributed by atoms with Gasteiger partial charge in [0, 0.05) is 50.2 Å². The van der Waals surface area contributed by atoms with Crippen molar-refractivity contribution in [3.63, 3.8) is 0 Å². The Balaban J connectivity index is 0.00000408. The Bertz CT molecular complexity index is 3520. The second-order valence-corrected chi connectivity index (χ2v) is 15.2. The van der Waals surface area contributed by atoms with E-state index < -0.39 is 0 Å². The molecule has 284 valence electrons. The lowest BCUT2D eigenvalue weighted by atomic mass is 9.98. The van der Waals surface area contributed by atoms with Crippen LogP contribution >= 0.6 is 0 Å². The number of aromatic nitrogens is 4. The van der Waals surface area contributed by atoms with E-state index in [4.69, 9.17) is 4.98 Å². The van der Waals surface area contributed by atoms with Crippen molar-refractivity contribution in [3.05, 3.63) is 219 Å². The largest absolute Gasteiger partial charge is 0.309 e. The molecule has 0 spiro atoms. The topological polar surface area (TPSA) is 27.2 Å². The van der Waals surface area contributed by atoms with Crippen LogP contribution in [-0.4, -0.2) is 18.5 Å². The number of rotatable bonds is 6. The van der Waals surface area contributed by atoms with E-state index >= 15 is 0 Å². The lowest BCUT2D eigenvalue weighted by molar-refractivity contribution is 1.18. The van der Waals surface area contributed by atoms with Gasteiger partial charge in [0.15, 0.2) is 0 Å². The average molecular weight is 769 g/mol. The first-order valence-electron chi connectivity index (χ1n) is 20.1. The minimum Gasteiger partial charge on any atom is -0.309 e. The molecule has 0 radical (unpaired) electrons. The van der Waals surface area contributed by atoms with Gasteiger partial charge in [-0.1, -0.05) is 141 Å². The zero-order valence-corrected chi connectivity index (χ0v) is 32.1. The van der Waals surface area contributed by atoms with Crippen molar-refractivity contribution in [1.29, 1.82) is 0 Å². The molecule has 4 aromatic heterocycles. The number of imidazole rings is 1. The Morgan fingerprint density at radius 3 is 1.33 bits per heavy atom. The van der Waals surface area contributed by atoms with Gasteiger partial charge in [0.25, 0.3) is 0 Å². The molecule has 4 heterocycles. The van der Waals surface area contributed by atoms with Gasteiger partial charge in [-0.3, -0.25) is 4.40 Å². The van der Waals surface area contributed by atoms with E-state index in [0.29, 0.717) is 0 Å². The fourth-order valence-electron chi connectivity index (χ4n) is 9.13. The summed E-state index contributed by atoms with van der Waals surface area (Å²) in [5.74, 6) is 0. The van der Waals surface area contributed by atoms with Gasteiger partial charge in [-0.2, -0.15) is 0 Å². The summed E-state index contributed by atoms with van der Waals surface area (Å²) in [6.07, 6.45) is 2.10. The summed E-state index contributed by atoms with van der Waals surface area (Å²) in [7, 11) is 0. The molecule has 0 aliphatic rings. The molecule has 0 fully saturated rings. The van der Waals surface area contributed by atoms with Crippen LogP contribution in [0.1, 0.15) is 7.43 Å². The predicted octanol–water partition coefficient (Wildman–Crippen LogP) is 14.8. The fraction of sp³-hybridized carbons (Fsp3) is 0.0179. The summed E-state index contributed by atoms with van der Waals surface area (Å²) in [5.41, 5.74) is 17.1. The Morgan fingerprint density at radius 1 is 0.317 bits per heavy atom. The molecule has 0 amide bonds. The smallest absolute Gasteiger partial charge is 0.137 e. The van der Waals surface area contributed by atoms with Crippen molar-refractivity contribution >= 4 is 49.3 Å². The van der Waals surface area contributed by atoms with Crippen molar-refractivity contribution in [1.82, 2.24) is 18.5 Å². The molecule has 4 heteroatoms. The monoisotopic (exact) mass is 768 g/mol. The Hall–Kier alpha value is -7.95. The van der Waals surface area contributed by atoms with E-state index in [1.54, 1.807) is 0 Å². The molecule has 60 heavy (non-hydrogen) atoms. The Labute approximate surface area is 348 Å². The molecule has 12 aromatic rings. The molecule has 0 saturated heterocycles. The maximum atomic E-state index is 5.11. The maximum absolute atomic E-state index is 5.11. The first-order valence-corrected chi connectivity index (χ1v) is 20.1. The van der Waals surface area contributed by atoms with Crippen molar-refractivity contribution < 1.29 is 0 Å². The van der Waals surface area contributed by atoms with Gasteiger partial charge in [0.2, 0.25) is 0 Å². The number of para-hydroxylation sites is 3. The molecule has 4 nitrogen and oxygen atoms in total. The maximum Gasteiger partial charge on any atom is 0.137 e. The van der Waals surface area contributed by atoms with Gasteiger partial charge in [0.1, 0.15) is 5.65 Å². The highest BCUT2D eigenvalue weighted by atomic mass is 15.0. The van der Waals surface area contributed by atoms with Crippen molar-refractivity contribution in [2.45, 2.75) is 7.43 Å². The lowest BCUT2D eigenvalue weighted by Gasteiger charge is -2.09. The van der Waals surface area contributed by atoms with Gasteiger partial charge in [-0.25, -0.2) is 4.98 Å². The first-order chi connectivity index (χ1) is 29.3. The van der Waals surface area contributed by atoms with Gasteiger partial charge in [-0.15, -0.1) is 0 Å². The van der Waals surface area contributed by atoms with Gasteiger partial charge in [-0.05, 0) is 101 Å². The molecule has 0 saturated carbocycles. The number of hydrogen-bond donors (Lipinski definition) is 0. The summed E-state index contributed by atoms with van der Waals surface area (Å²) in [4.78, 5) is 5.11. The zero-order valence-electron chi connectivity index (χ0n) is 32.1. The van der Waals surface area contributed by atoms with Crippen molar-refractivity contribution in [2.75, 3.05) is 0 Å². The number of pyridine rings is 1. The number of nitrogens with zero attached hydrogens (tertiary/aromatic N) is 4. The number of hydrogen-bond acceptors (Lipinski definition) is 1. The zero-order chi connectivity index (χ0) is 38.9. The molecule has 0 aliphatic heterocycles. The molecule has 0 unspecified atom stereocenters. The molecule has 0 bridgehead atoms. The SMILES string of the molecule is C.c1ccc(-c2c(-c3ccc(-c4ccc5c(c4)c4cc(-c6ccc7c(c6)c6ccccc6n7-c6ccccc6)ccc4n5-c4ccccc4)cc3)nc3ccccn23)cc1. The third-order valence-electron chi connectivity index (χ3n) is 11.9. The van der Waals surface area contributed by atoms with Gasteiger partial charge < -0.3 is 9.13 Å². The van der Waals surface area contributed by atoms with Crippen molar-refractivity contribution in [2.24, 2.45) is 0 Å². The standard InChI is InChI=1S/C55H36N4.CH4/c1-4-14-39(15-5-1)55-54(56-53-22-12-13-33-57(53)55)38-25-23-37(24-26-38)40-27-30-51-47(34-40)48-36-42(29-32-52(48)59(51)44-18-8-3-9-19-44)41-28-31-50-46(35-41)45-20-10-11-21-49(45)58(50)43-16-6-2-7-17-43;/h1-36H;1H4. The number of fused-ring (bicyclic) bond motifs is 7. The van der Waals surface area contributed by atoms with E-state index in [1.807, 2.05) is 6.07 Å². The normalized spacial score (nSPS) is 11.5. The van der Waals surface area contributed by atoms with Crippen LogP contribution in [0.2, 0.25) is 0 Å². The van der Waals surface area contributed by atoms with Crippen LogP contribution in [0.3, 0.4) is 0 Å². The molecular weight excluding hydrogens is 729 g/mol. The first kappa shape index (κ1) is 35.2.